The third-order valence-corrected chi connectivity index (χ3v) is 4.15. The zero-order chi connectivity index (χ0) is 17.3. The van der Waals surface area contributed by atoms with Crippen LogP contribution in [0.3, 0.4) is 0 Å². The van der Waals surface area contributed by atoms with E-state index in [-0.39, 0.29) is 16.7 Å². The number of hydrogen-bond acceptors (Lipinski definition) is 3. The van der Waals surface area contributed by atoms with Gasteiger partial charge in [0.25, 0.3) is 0 Å². The van der Waals surface area contributed by atoms with Crippen molar-refractivity contribution in [1.82, 2.24) is 4.90 Å². The van der Waals surface area contributed by atoms with Crippen molar-refractivity contribution in [2.45, 2.75) is 65.8 Å². The molecule has 0 saturated carbocycles. The lowest BCUT2D eigenvalue weighted by Crippen LogP contribution is -2.48. The Labute approximate surface area is 138 Å². The highest BCUT2D eigenvalue weighted by Gasteiger charge is 2.39. The molecule has 0 spiro atoms. The Hall–Kier alpha value is -1.03. The van der Waals surface area contributed by atoms with Gasteiger partial charge in [-0.25, -0.2) is 4.79 Å². The van der Waals surface area contributed by atoms with Crippen molar-refractivity contribution in [3.8, 4) is 0 Å². The number of nitrogens with zero attached hydrogens (tertiary/aromatic N) is 1. The standard InChI is InChI=1S/C17H28ClNO3/c1-11(18)14(20)19(12(2)15(21)22-7)13-8-16(3,4)10-17(5,6)9-13/h8,11-12H,9-10H2,1-7H3. The molecule has 1 aliphatic rings. The van der Waals surface area contributed by atoms with Crippen LogP contribution in [0.2, 0.25) is 0 Å². The molecule has 4 nitrogen and oxygen atoms in total. The Morgan fingerprint density at radius 1 is 1.27 bits per heavy atom. The summed E-state index contributed by atoms with van der Waals surface area (Å²) in [7, 11) is 1.33. The maximum absolute atomic E-state index is 12.6. The van der Waals surface area contributed by atoms with Gasteiger partial charge in [0.2, 0.25) is 5.91 Å². The number of hydrogen-bond donors (Lipinski definition) is 0. The minimum absolute atomic E-state index is 0.0407. The van der Waals surface area contributed by atoms with Gasteiger partial charge in [0.15, 0.2) is 0 Å². The summed E-state index contributed by atoms with van der Waals surface area (Å²) in [5, 5.41) is -0.693. The maximum Gasteiger partial charge on any atom is 0.328 e. The molecule has 0 aromatic rings. The van der Waals surface area contributed by atoms with E-state index in [1.807, 2.05) is 0 Å². The molecule has 1 amide bonds. The van der Waals surface area contributed by atoms with E-state index in [0.717, 1.165) is 18.5 Å². The average molecular weight is 330 g/mol. The van der Waals surface area contributed by atoms with Crippen LogP contribution in [-0.2, 0) is 14.3 Å². The van der Waals surface area contributed by atoms with Crippen LogP contribution in [0.5, 0.6) is 0 Å². The molecule has 0 heterocycles. The second-order valence-electron chi connectivity index (χ2n) is 7.67. The fourth-order valence-corrected chi connectivity index (χ4v) is 3.65. The molecule has 1 rings (SSSR count). The number of carbonyl (C=O) groups is 2. The molecule has 2 unspecified atom stereocenters. The summed E-state index contributed by atoms with van der Waals surface area (Å²) in [5.41, 5.74) is 0.870. The van der Waals surface area contributed by atoms with Crippen LogP contribution in [0.1, 0.15) is 54.4 Å². The van der Waals surface area contributed by atoms with Crippen LogP contribution in [-0.4, -0.2) is 35.3 Å². The monoisotopic (exact) mass is 329 g/mol. The highest BCUT2D eigenvalue weighted by atomic mass is 35.5. The summed E-state index contributed by atoms with van der Waals surface area (Å²) >= 11 is 6.01. The van der Waals surface area contributed by atoms with Gasteiger partial charge >= 0.3 is 5.97 Å². The highest BCUT2D eigenvalue weighted by molar-refractivity contribution is 6.30. The molecule has 2 atom stereocenters. The highest BCUT2D eigenvalue weighted by Crippen LogP contribution is 2.45. The number of ether oxygens (including phenoxy) is 1. The fourth-order valence-electron chi connectivity index (χ4n) is 3.54. The van der Waals surface area contributed by atoms with E-state index in [1.165, 1.54) is 12.0 Å². The van der Waals surface area contributed by atoms with E-state index in [2.05, 4.69) is 33.8 Å². The Bertz CT molecular complexity index is 480. The largest absolute Gasteiger partial charge is 0.467 e. The quantitative estimate of drug-likeness (QED) is 0.583. The van der Waals surface area contributed by atoms with Crippen LogP contribution in [0.4, 0.5) is 0 Å². The van der Waals surface area contributed by atoms with Crippen LogP contribution in [0.25, 0.3) is 0 Å². The molecule has 0 aliphatic heterocycles. The molecule has 0 aromatic carbocycles. The molecule has 0 N–H and O–H groups in total. The summed E-state index contributed by atoms with van der Waals surface area (Å²) < 4.78 is 4.81. The van der Waals surface area contributed by atoms with Gasteiger partial charge in [-0.1, -0.05) is 33.8 Å². The van der Waals surface area contributed by atoms with Crippen LogP contribution in [0, 0.1) is 10.8 Å². The van der Waals surface area contributed by atoms with Crippen LogP contribution in [0.15, 0.2) is 11.8 Å². The number of allylic oxidation sites excluding steroid dienone is 2. The Kier molecular flexibility index (Phi) is 5.71. The van der Waals surface area contributed by atoms with Gasteiger partial charge in [-0.15, -0.1) is 11.6 Å². The summed E-state index contributed by atoms with van der Waals surface area (Å²) in [5.74, 6) is -0.702. The van der Waals surface area contributed by atoms with Gasteiger partial charge < -0.3 is 9.64 Å². The first kappa shape index (κ1) is 19.0. The Morgan fingerprint density at radius 3 is 2.23 bits per heavy atom. The van der Waals surface area contributed by atoms with E-state index in [9.17, 15) is 9.59 Å². The minimum Gasteiger partial charge on any atom is -0.467 e. The topological polar surface area (TPSA) is 46.6 Å². The molecule has 126 valence electrons. The SMILES string of the molecule is COC(=O)C(C)N(C(=O)C(C)Cl)C1=CC(C)(C)CC(C)(C)C1. The van der Waals surface area contributed by atoms with Gasteiger partial charge in [0.05, 0.1) is 7.11 Å². The summed E-state index contributed by atoms with van der Waals surface area (Å²) in [6.45, 7) is 11.9. The zero-order valence-corrected chi connectivity index (χ0v) is 15.5. The molecule has 0 radical (unpaired) electrons. The molecule has 0 fully saturated rings. The predicted molar refractivity (Wildman–Crippen MR) is 88.5 cm³/mol. The van der Waals surface area contributed by atoms with E-state index >= 15 is 0 Å². The van der Waals surface area contributed by atoms with E-state index < -0.39 is 17.4 Å². The van der Waals surface area contributed by atoms with Crippen molar-refractivity contribution in [1.29, 1.82) is 0 Å². The first-order valence-electron chi connectivity index (χ1n) is 7.67. The van der Waals surface area contributed by atoms with Crippen molar-refractivity contribution in [2.24, 2.45) is 10.8 Å². The number of rotatable bonds is 4. The number of alkyl halides is 1. The summed E-state index contributed by atoms with van der Waals surface area (Å²) in [6, 6.07) is -0.686. The molecular weight excluding hydrogens is 302 g/mol. The lowest BCUT2D eigenvalue weighted by molar-refractivity contribution is -0.150. The Balaban J connectivity index is 3.29. The lowest BCUT2D eigenvalue weighted by Gasteiger charge is -2.43. The molecule has 0 saturated heterocycles. The molecule has 0 bridgehead atoms. The zero-order valence-electron chi connectivity index (χ0n) is 14.7. The van der Waals surface area contributed by atoms with E-state index in [0.29, 0.717) is 0 Å². The number of amides is 1. The predicted octanol–water partition coefficient (Wildman–Crippen LogP) is 3.73. The smallest absolute Gasteiger partial charge is 0.328 e. The molecule has 0 aromatic heterocycles. The number of methoxy groups -OCH3 is 1. The van der Waals surface area contributed by atoms with Crippen molar-refractivity contribution < 1.29 is 14.3 Å². The minimum atomic E-state index is -0.693. The van der Waals surface area contributed by atoms with Crippen molar-refractivity contribution in [3.63, 3.8) is 0 Å². The summed E-state index contributed by atoms with van der Waals surface area (Å²) in [4.78, 5) is 26.1. The van der Waals surface area contributed by atoms with Crippen molar-refractivity contribution >= 4 is 23.5 Å². The van der Waals surface area contributed by atoms with Crippen LogP contribution < -0.4 is 0 Å². The number of halogens is 1. The second kappa shape index (κ2) is 6.61. The first-order valence-corrected chi connectivity index (χ1v) is 8.10. The van der Waals surface area contributed by atoms with Gasteiger partial charge in [-0.05, 0) is 37.5 Å². The fraction of sp³-hybridized carbons (Fsp3) is 0.765. The van der Waals surface area contributed by atoms with Gasteiger partial charge in [0.1, 0.15) is 11.4 Å². The second-order valence-corrected chi connectivity index (χ2v) is 8.32. The van der Waals surface area contributed by atoms with Crippen LogP contribution >= 0.6 is 11.6 Å². The molecular formula is C17H28ClNO3. The summed E-state index contributed by atoms with van der Waals surface area (Å²) in [6.07, 6.45) is 3.84. The number of esters is 1. The first-order chi connectivity index (χ1) is 9.90. The van der Waals surface area contributed by atoms with Gasteiger partial charge in [0, 0.05) is 5.70 Å². The maximum atomic E-state index is 12.6. The van der Waals surface area contributed by atoms with E-state index in [1.54, 1.807) is 13.8 Å². The molecule has 5 heteroatoms. The van der Waals surface area contributed by atoms with Crippen molar-refractivity contribution in [2.75, 3.05) is 7.11 Å². The number of carbonyl (C=O) groups excluding carboxylic acids is 2. The molecule has 1 aliphatic carbocycles. The third kappa shape index (κ3) is 4.48. The van der Waals surface area contributed by atoms with Gasteiger partial charge in [-0.3, -0.25) is 4.79 Å². The lowest BCUT2D eigenvalue weighted by atomic mass is 9.68. The van der Waals surface area contributed by atoms with Crippen molar-refractivity contribution in [3.05, 3.63) is 11.8 Å². The van der Waals surface area contributed by atoms with E-state index in [4.69, 9.17) is 16.3 Å². The molecule has 22 heavy (non-hydrogen) atoms. The third-order valence-electron chi connectivity index (χ3n) is 3.97. The normalized spacial score (nSPS) is 22.3. The van der Waals surface area contributed by atoms with Gasteiger partial charge in [-0.2, -0.15) is 0 Å². The Morgan fingerprint density at radius 2 is 1.82 bits per heavy atom. The average Bonchev–Trinajstić information content (AvgIpc) is 2.33.